The Kier molecular flexibility index (Phi) is 4.42. The minimum absolute atomic E-state index is 0.149. The number of carbonyl (C=O) groups is 1. The fourth-order valence-electron chi connectivity index (χ4n) is 2.54. The molecule has 0 atom stereocenters. The molecule has 24 heavy (non-hydrogen) atoms. The summed E-state index contributed by atoms with van der Waals surface area (Å²) < 4.78 is 13.8. The molecule has 0 spiro atoms. The second-order valence-corrected chi connectivity index (χ2v) is 5.78. The van der Waals surface area contributed by atoms with Crippen molar-refractivity contribution >= 4 is 28.2 Å². The standard InChI is InChI=1S/C19H18FN3O/c1-23(2)14-8-6-13(7-9-14)12-18(24)22-17-10-11-21-19-15(17)4-3-5-16(19)20/h3-11H,12H2,1-2H3,(H,21,22,24). The maximum atomic E-state index is 13.8. The molecule has 4 nitrogen and oxygen atoms in total. The molecule has 3 aromatic rings. The Morgan fingerprint density at radius 1 is 1.12 bits per heavy atom. The van der Waals surface area contributed by atoms with E-state index >= 15 is 0 Å². The Balaban J connectivity index is 1.77. The van der Waals surface area contributed by atoms with Crippen molar-refractivity contribution in [2.45, 2.75) is 6.42 Å². The van der Waals surface area contributed by atoms with Crippen molar-refractivity contribution < 1.29 is 9.18 Å². The van der Waals surface area contributed by atoms with E-state index in [0.717, 1.165) is 11.3 Å². The summed E-state index contributed by atoms with van der Waals surface area (Å²) >= 11 is 0. The topological polar surface area (TPSA) is 45.2 Å². The summed E-state index contributed by atoms with van der Waals surface area (Å²) in [5.74, 6) is -0.549. The third-order valence-electron chi connectivity index (χ3n) is 3.81. The number of nitrogens with one attached hydrogen (secondary N) is 1. The van der Waals surface area contributed by atoms with Crippen LogP contribution in [0.3, 0.4) is 0 Å². The summed E-state index contributed by atoms with van der Waals surface area (Å²) in [4.78, 5) is 18.3. The molecule has 0 aliphatic carbocycles. The maximum absolute atomic E-state index is 13.8. The van der Waals surface area contributed by atoms with E-state index in [1.807, 2.05) is 43.3 Å². The van der Waals surface area contributed by atoms with Gasteiger partial charge in [0.1, 0.15) is 11.3 Å². The van der Waals surface area contributed by atoms with E-state index in [1.165, 1.54) is 12.3 Å². The quantitative estimate of drug-likeness (QED) is 0.797. The van der Waals surface area contributed by atoms with Gasteiger partial charge in [0.25, 0.3) is 0 Å². The molecule has 1 aromatic heterocycles. The number of benzene rings is 2. The van der Waals surface area contributed by atoms with Gasteiger partial charge in [-0.2, -0.15) is 0 Å². The van der Waals surface area contributed by atoms with Gasteiger partial charge in [-0.1, -0.05) is 24.3 Å². The number of nitrogens with zero attached hydrogens (tertiary/aromatic N) is 2. The first-order valence-electron chi connectivity index (χ1n) is 7.64. The van der Waals surface area contributed by atoms with Gasteiger partial charge in [-0.15, -0.1) is 0 Å². The molecule has 0 saturated carbocycles. The van der Waals surface area contributed by atoms with Crippen LogP contribution in [0.1, 0.15) is 5.56 Å². The average Bonchev–Trinajstić information content (AvgIpc) is 2.56. The van der Waals surface area contributed by atoms with E-state index in [0.29, 0.717) is 11.1 Å². The van der Waals surface area contributed by atoms with Gasteiger partial charge in [0, 0.05) is 31.4 Å². The molecule has 3 rings (SSSR count). The normalized spacial score (nSPS) is 10.6. The summed E-state index contributed by atoms with van der Waals surface area (Å²) in [7, 11) is 3.94. The third-order valence-corrected chi connectivity index (χ3v) is 3.81. The summed E-state index contributed by atoms with van der Waals surface area (Å²) in [6, 6.07) is 14.2. The zero-order valence-corrected chi connectivity index (χ0v) is 13.6. The fourth-order valence-corrected chi connectivity index (χ4v) is 2.54. The van der Waals surface area contributed by atoms with E-state index in [4.69, 9.17) is 0 Å². The second kappa shape index (κ2) is 6.66. The molecule has 1 amide bonds. The zero-order chi connectivity index (χ0) is 17.1. The largest absolute Gasteiger partial charge is 0.378 e. The smallest absolute Gasteiger partial charge is 0.228 e. The lowest BCUT2D eigenvalue weighted by Gasteiger charge is -2.13. The first-order valence-corrected chi connectivity index (χ1v) is 7.64. The number of carbonyl (C=O) groups excluding carboxylic acids is 1. The Morgan fingerprint density at radius 3 is 2.58 bits per heavy atom. The monoisotopic (exact) mass is 323 g/mol. The third kappa shape index (κ3) is 3.35. The summed E-state index contributed by atoms with van der Waals surface area (Å²) in [5.41, 5.74) is 2.82. The lowest BCUT2D eigenvalue weighted by atomic mass is 10.1. The molecule has 0 saturated heterocycles. The number of aromatic nitrogens is 1. The molecule has 1 N–H and O–H groups in total. The number of halogens is 1. The highest BCUT2D eigenvalue weighted by Crippen LogP contribution is 2.23. The molecule has 122 valence electrons. The number of pyridine rings is 1. The number of amides is 1. The Hall–Kier alpha value is -2.95. The van der Waals surface area contributed by atoms with Crippen LogP contribution in [0.2, 0.25) is 0 Å². The Morgan fingerprint density at radius 2 is 1.88 bits per heavy atom. The molecular formula is C19H18FN3O. The number of para-hydroxylation sites is 1. The van der Waals surface area contributed by atoms with Crippen molar-refractivity contribution in [3.8, 4) is 0 Å². The number of anilines is 2. The van der Waals surface area contributed by atoms with E-state index in [-0.39, 0.29) is 17.8 Å². The van der Waals surface area contributed by atoms with Crippen LogP contribution in [0.15, 0.2) is 54.7 Å². The molecule has 0 unspecified atom stereocenters. The molecule has 0 aliphatic rings. The first-order chi connectivity index (χ1) is 11.5. The predicted molar refractivity (Wildman–Crippen MR) is 94.8 cm³/mol. The molecule has 5 heteroatoms. The van der Waals surface area contributed by atoms with E-state index in [1.54, 1.807) is 18.2 Å². The van der Waals surface area contributed by atoms with Crippen LogP contribution >= 0.6 is 0 Å². The number of fused-ring (bicyclic) bond motifs is 1. The van der Waals surface area contributed by atoms with Crippen LogP contribution in [0.25, 0.3) is 10.9 Å². The number of rotatable bonds is 4. The highest BCUT2D eigenvalue weighted by atomic mass is 19.1. The minimum Gasteiger partial charge on any atom is -0.378 e. The van der Waals surface area contributed by atoms with E-state index < -0.39 is 5.82 Å². The second-order valence-electron chi connectivity index (χ2n) is 5.78. The van der Waals surface area contributed by atoms with Crippen molar-refractivity contribution in [1.82, 2.24) is 4.98 Å². The van der Waals surface area contributed by atoms with Crippen molar-refractivity contribution in [1.29, 1.82) is 0 Å². The summed E-state index contributed by atoms with van der Waals surface area (Å²) in [6.07, 6.45) is 1.75. The first kappa shape index (κ1) is 15.9. The van der Waals surface area contributed by atoms with Crippen LogP contribution in [0.4, 0.5) is 15.8 Å². The van der Waals surface area contributed by atoms with Gasteiger partial charge >= 0.3 is 0 Å². The molecule has 1 heterocycles. The van der Waals surface area contributed by atoms with Crippen LogP contribution in [-0.4, -0.2) is 25.0 Å². The van der Waals surface area contributed by atoms with Crippen molar-refractivity contribution in [2.75, 3.05) is 24.3 Å². The maximum Gasteiger partial charge on any atom is 0.228 e. The van der Waals surface area contributed by atoms with Gasteiger partial charge in [-0.05, 0) is 29.8 Å². The van der Waals surface area contributed by atoms with E-state index in [2.05, 4.69) is 10.3 Å². The van der Waals surface area contributed by atoms with Gasteiger partial charge in [0.05, 0.1) is 12.1 Å². The molecule has 0 radical (unpaired) electrons. The van der Waals surface area contributed by atoms with Crippen molar-refractivity contribution in [3.63, 3.8) is 0 Å². The van der Waals surface area contributed by atoms with Crippen molar-refractivity contribution in [2.24, 2.45) is 0 Å². The highest BCUT2D eigenvalue weighted by molar-refractivity contribution is 6.01. The number of hydrogen-bond donors (Lipinski definition) is 1. The van der Waals surface area contributed by atoms with Gasteiger partial charge in [-0.3, -0.25) is 9.78 Å². The Labute approximate surface area is 139 Å². The van der Waals surface area contributed by atoms with Gasteiger partial charge < -0.3 is 10.2 Å². The SMILES string of the molecule is CN(C)c1ccc(CC(=O)Nc2ccnc3c(F)cccc23)cc1. The average molecular weight is 323 g/mol. The van der Waals surface area contributed by atoms with Crippen LogP contribution in [-0.2, 0) is 11.2 Å². The summed E-state index contributed by atoms with van der Waals surface area (Å²) in [6.45, 7) is 0. The van der Waals surface area contributed by atoms with Gasteiger partial charge in [-0.25, -0.2) is 4.39 Å². The number of hydrogen-bond acceptors (Lipinski definition) is 3. The minimum atomic E-state index is -0.400. The zero-order valence-electron chi connectivity index (χ0n) is 13.6. The molecular weight excluding hydrogens is 305 g/mol. The lowest BCUT2D eigenvalue weighted by molar-refractivity contribution is -0.115. The molecule has 2 aromatic carbocycles. The van der Waals surface area contributed by atoms with E-state index in [9.17, 15) is 9.18 Å². The lowest BCUT2D eigenvalue weighted by Crippen LogP contribution is -2.15. The predicted octanol–water partition coefficient (Wildman–Crippen LogP) is 3.62. The van der Waals surface area contributed by atoms with Gasteiger partial charge in [0.2, 0.25) is 5.91 Å². The van der Waals surface area contributed by atoms with Crippen molar-refractivity contribution in [3.05, 3.63) is 66.1 Å². The van der Waals surface area contributed by atoms with Gasteiger partial charge in [0.15, 0.2) is 0 Å². The molecule has 0 aliphatic heterocycles. The Bertz CT molecular complexity index is 875. The van der Waals surface area contributed by atoms with Crippen LogP contribution in [0, 0.1) is 5.82 Å². The fraction of sp³-hybridized carbons (Fsp3) is 0.158. The summed E-state index contributed by atoms with van der Waals surface area (Å²) in [5, 5.41) is 3.43. The van der Waals surface area contributed by atoms with Crippen LogP contribution < -0.4 is 10.2 Å². The molecule has 0 bridgehead atoms. The highest BCUT2D eigenvalue weighted by Gasteiger charge is 2.09. The van der Waals surface area contributed by atoms with Crippen LogP contribution in [0.5, 0.6) is 0 Å². The molecule has 0 fully saturated rings.